The molecule has 1 aromatic rings. The van der Waals surface area contributed by atoms with Crippen LogP contribution in [0.5, 0.6) is 11.5 Å². The number of carbonyl (C=O) groups is 1. The molecule has 0 atom stereocenters. The predicted octanol–water partition coefficient (Wildman–Crippen LogP) is -1.96. The molecule has 1 aromatic carbocycles. The van der Waals surface area contributed by atoms with Crippen LogP contribution in [0, 0.1) is 0 Å². The standard InChI is InChI=1S/C8H8O3.K.H2O/c1-11-8-4-6(5-9)2-3-7(8)10;;/h2-5,10H,1H3;;1H2/q;+1;/p-1. The third kappa shape index (κ3) is 4.21. The average molecular weight is 208 g/mol. The molecule has 13 heavy (non-hydrogen) atoms. The maximum Gasteiger partial charge on any atom is 1.00 e. The summed E-state index contributed by atoms with van der Waals surface area (Å²) in [7, 11) is 1.43. The first kappa shape index (κ1) is 15.6. The molecule has 1 rings (SSSR count). The van der Waals surface area contributed by atoms with E-state index in [2.05, 4.69) is 0 Å². The maximum atomic E-state index is 10.2. The summed E-state index contributed by atoms with van der Waals surface area (Å²) >= 11 is 0. The second-order valence-corrected chi connectivity index (χ2v) is 2.05. The van der Waals surface area contributed by atoms with Gasteiger partial charge in [-0.15, -0.1) is 0 Å². The van der Waals surface area contributed by atoms with E-state index in [0.29, 0.717) is 17.6 Å². The van der Waals surface area contributed by atoms with Gasteiger partial charge in [-0.1, -0.05) is 0 Å². The van der Waals surface area contributed by atoms with E-state index < -0.39 is 0 Å². The molecule has 5 heteroatoms. The fraction of sp³-hybridized carbons (Fsp3) is 0.125. The van der Waals surface area contributed by atoms with Crippen LogP contribution in [0.3, 0.4) is 0 Å². The third-order valence-electron chi connectivity index (χ3n) is 1.34. The number of hydrogen-bond donors (Lipinski definition) is 1. The van der Waals surface area contributed by atoms with E-state index >= 15 is 0 Å². The Balaban J connectivity index is 0. The first-order valence-corrected chi connectivity index (χ1v) is 3.10. The summed E-state index contributed by atoms with van der Waals surface area (Å²) in [6.45, 7) is 0. The fourth-order valence-corrected chi connectivity index (χ4v) is 0.768. The molecule has 0 bridgehead atoms. The van der Waals surface area contributed by atoms with Gasteiger partial charge in [0.15, 0.2) is 11.5 Å². The Morgan fingerprint density at radius 1 is 1.46 bits per heavy atom. The zero-order valence-electron chi connectivity index (χ0n) is 7.52. The monoisotopic (exact) mass is 208 g/mol. The van der Waals surface area contributed by atoms with Crippen LogP contribution >= 0.6 is 0 Å². The molecule has 0 amide bonds. The summed E-state index contributed by atoms with van der Waals surface area (Å²) in [6.07, 6.45) is 0.696. The van der Waals surface area contributed by atoms with E-state index in [1.165, 1.54) is 25.3 Å². The molecule has 0 aliphatic heterocycles. The number of phenols is 1. The number of methoxy groups -OCH3 is 1. The Labute approximate surface area is 119 Å². The number of hydrogen-bond acceptors (Lipinski definition) is 4. The zero-order valence-corrected chi connectivity index (χ0v) is 10.6. The molecule has 66 valence electrons. The number of phenolic OH excluding ortho intramolecular Hbond substituents is 1. The molecular formula is C8H9KO4. The minimum atomic E-state index is 0. The van der Waals surface area contributed by atoms with Crippen molar-refractivity contribution in [3.8, 4) is 11.5 Å². The third-order valence-corrected chi connectivity index (χ3v) is 1.34. The van der Waals surface area contributed by atoms with Crippen LogP contribution in [0.1, 0.15) is 10.4 Å². The molecule has 0 radical (unpaired) electrons. The SMILES string of the molecule is COc1cc(C=O)ccc1O.[K+].[OH-]. The van der Waals surface area contributed by atoms with Crippen LogP contribution in [0.25, 0.3) is 0 Å². The van der Waals surface area contributed by atoms with E-state index in [-0.39, 0.29) is 62.6 Å². The summed E-state index contributed by atoms with van der Waals surface area (Å²) in [4.78, 5) is 10.2. The summed E-state index contributed by atoms with van der Waals surface area (Å²) in [5.74, 6) is 0.354. The molecule has 2 N–H and O–H groups in total. The average Bonchev–Trinajstić information content (AvgIpc) is 2.05. The molecule has 0 aliphatic carbocycles. The molecule has 0 unspecified atom stereocenters. The van der Waals surface area contributed by atoms with E-state index in [0.717, 1.165) is 0 Å². The van der Waals surface area contributed by atoms with Crippen LogP contribution < -0.4 is 56.1 Å². The summed E-state index contributed by atoms with van der Waals surface area (Å²) in [6, 6.07) is 4.41. The quantitative estimate of drug-likeness (QED) is 0.452. The maximum absolute atomic E-state index is 10.2. The van der Waals surface area contributed by atoms with Crippen molar-refractivity contribution in [2.45, 2.75) is 0 Å². The van der Waals surface area contributed by atoms with Gasteiger partial charge in [-0.3, -0.25) is 4.79 Å². The van der Waals surface area contributed by atoms with Gasteiger partial charge in [-0.05, 0) is 18.2 Å². The Hall–Kier alpha value is 0.0864. The van der Waals surface area contributed by atoms with Gasteiger partial charge >= 0.3 is 51.4 Å². The van der Waals surface area contributed by atoms with Gasteiger partial charge in [0.1, 0.15) is 6.29 Å². The topological polar surface area (TPSA) is 76.5 Å². The van der Waals surface area contributed by atoms with Crippen molar-refractivity contribution < 1.29 is 71.5 Å². The molecular weight excluding hydrogens is 199 g/mol. The fourth-order valence-electron chi connectivity index (χ4n) is 0.768. The minimum Gasteiger partial charge on any atom is -0.870 e. The number of aromatic hydroxyl groups is 1. The van der Waals surface area contributed by atoms with Gasteiger partial charge in [0.05, 0.1) is 7.11 Å². The summed E-state index contributed by atoms with van der Waals surface area (Å²) < 4.78 is 4.78. The van der Waals surface area contributed by atoms with Gasteiger partial charge in [0.2, 0.25) is 0 Å². The van der Waals surface area contributed by atoms with Gasteiger partial charge < -0.3 is 15.3 Å². The van der Waals surface area contributed by atoms with Crippen molar-refractivity contribution in [3.05, 3.63) is 23.8 Å². The number of ether oxygens (including phenoxy) is 1. The normalized spacial score (nSPS) is 7.77. The van der Waals surface area contributed by atoms with Crippen molar-refractivity contribution in [2.75, 3.05) is 7.11 Å². The van der Waals surface area contributed by atoms with Crippen LogP contribution in [-0.2, 0) is 0 Å². The Morgan fingerprint density at radius 2 is 2.08 bits per heavy atom. The van der Waals surface area contributed by atoms with Crippen LogP contribution in [0.4, 0.5) is 0 Å². The van der Waals surface area contributed by atoms with Crippen molar-refractivity contribution in [3.63, 3.8) is 0 Å². The van der Waals surface area contributed by atoms with Gasteiger partial charge in [0.25, 0.3) is 0 Å². The number of aldehydes is 1. The Morgan fingerprint density at radius 3 is 2.54 bits per heavy atom. The molecule has 0 aromatic heterocycles. The van der Waals surface area contributed by atoms with E-state index in [9.17, 15) is 4.79 Å². The second kappa shape index (κ2) is 7.49. The van der Waals surface area contributed by atoms with Crippen molar-refractivity contribution in [2.24, 2.45) is 0 Å². The number of carbonyl (C=O) groups excluding carboxylic acids is 1. The van der Waals surface area contributed by atoms with Crippen molar-refractivity contribution in [1.29, 1.82) is 0 Å². The van der Waals surface area contributed by atoms with Gasteiger partial charge in [-0.2, -0.15) is 0 Å². The van der Waals surface area contributed by atoms with Gasteiger partial charge in [-0.25, -0.2) is 0 Å². The van der Waals surface area contributed by atoms with Gasteiger partial charge in [0, 0.05) is 5.56 Å². The number of rotatable bonds is 2. The number of benzene rings is 1. The molecule has 0 saturated carbocycles. The molecule has 0 heterocycles. The van der Waals surface area contributed by atoms with Crippen molar-refractivity contribution >= 4 is 6.29 Å². The Bertz CT molecular complexity index is 275. The Kier molecular flexibility index (Phi) is 8.96. The van der Waals surface area contributed by atoms with E-state index in [1.807, 2.05) is 0 Å². The van der Waals surface area contributed by atoms with Crippen molar-refractivity contribution in [1.82, 2.24) is 0 Å². The van der Waals surface area contributed by atoms with Crippen LogP contribution in [-0.4, -0.2) is 24.0 Å². The van der Waals surface area contributed by atoms with Crippen LogP contribution in [0.2, 0.25) is 0 Å². The summed E-state index contributed by atoms with van der Waals surface area (Å²) in [5, 5.41) is 9.09. The van der Waals surface area contributed by atoms with E-state index in [4.69, 9.17) is 9.84 Å². The first-order chi connectivity index (χ1) is 5.27. The summed E-state index contributed by atoms with van der Waals surface area (Å²) in [5.41, 5.74) is 0.486. The second-order valence-electron chi connectivity index (χ2n) is 2.05. The zero-order chi connectivity index (χ0) is 8.27. The molecule has 0 spiro atoms. The molecule has 0 fully saturated rings. The molecule has 0 saturated heterocycles. The minimum absolute atomic E-state index is 0. The smallest absolute Gasteiger partial charge is 0.870 e. The largest absolute Gasteiger partial charge is 1.00 e. The molecule has 0 aliphatic rings. The first-order valence-electron chi connectivity index (χ1n) is 3.10. The van der Waals surface area contributed by atoms with E-state index in [1.54, 1.807) is 0 Å². The van der Waals surface area contributed by atoms with Crippen LogP contribution in [0.15, 0.2) is 18.2 Å². The predicted molar refractivity (Wildman–Crippen MR) is 42.0 cm³/mol. The molecule has 4 nitrogen and oxygen atoms in total.